The summed E-state index contributed by atoms with van der Waals surface area (Å²) in [5.74, 6) is -0.546. The van der Waals surface area contributed by atoms with Gasteiger partial charge in [-0.3, -0.25) is 4.79 Å². The third kappa shape index (κ3) is 4.65. The molecule has 1 aliphatic rings. The Balaban J connectivity index is 1.55. The van der Waals surface area contributed by atoms with Gasteiger partial charge in [0, 0.05) is 5.69 Å². The van der Waals surface area contributed by atoms with Crippen LogP contribution < -0.4 is 15.1 Å². The maximum absolute atomic E-state index is 12.5. The van der Waals surface area contributed by atoms with Crippen molar-refractivity contribution in [3.8, 4) is 0 Å². The largest absolute Gasteiger partial charge is 0.465 e. The molecular weight excluding hydrogens is 342 g/mol. The van der Waals surface area contributed by atoms with Crippen LogP contribution in [0.1, 0.15) is 15.9 Å². The number of anilines is 2. The van der Waals surface area contributed by atoms with Crippen molar-refractivity contribution in [1.29, 1.82) is 0 Å². The summed E-state index contributed by atoms with van der Waals surface area (Å²) >= 11 is 0. The molecule has 0 spiro atoms. The number of ether oxygens (including phenoxy) is 1. The van der Waals surface area contributed by atoms with E-state index in [1.807, 2.05) is 0 Å². The highest BCUT2D eigenvalue weighted by Gasteiger charge is 2.23. The normalized spacial score (nSPS) is 14.7. The maximum Gasteiger partial charge on any atom is 0.339 e. The van der Waals surface area contributed by atoms with Crippen molar-refractivity contribution in [2.45, 2.75) is 6.92 Å². The number of benzene rings is 2. The molecule has 0 saturated carbocycles. The predicted octanol–water partition coefficient (Wildman–Crippen LogP) is 1.13. The number of para-hydroxylation sites is 2. The number of quaternary nitrogens is 1. The summed E-state index contributed by atoms with van der Waals surface area (Å²) in [5.41, 5.74) is 3.41. The van der Waals surface area contributed by atoms with Gasteiger partial charge in [0.1, 0.15) is 0 Å². The molecule has 0 unspecified atom stereocenters. The van der Waals surface area contributed by atoms with Gasteiger partial charge in [0.25, 0.3) is 5.91 Å². The van der Waals surface area contributed by atoms with E-state index in [0.717, 1.165) is 26.2 Å². The second-order valence-corrected chi connectivity index (χ2v) is 6.79. The number of esters is 1. The van der Waals surface area contributed by atoms with Crippen LogP contribution in [0, 0.1) is 6.92 Å². The van der Waals surface area contributed by atoms with Gasteiger partial charge in [0.05, 0.1) is 44.5 Å². The molecular formula is C21H26N3O3+. The Morgan fingerprint density at radius 1 is 1.07 bits per heavy atom. The maximum atomic E-state index is 12.5. The van der Waals surface area contributed by atoms with Gasteiger partial charge in [-0.25, -0.2) is 4.79 Å². The summed E-state index contributed by atoms with van der Waals surface area (Å²) in [6.07, 6.45) is 0. The Morgan fingerprint density at radius 3 is 2.44 bits per heavy atom. The smallest absolute Gasteiger partial charge is 0.339 e. The van der Waals surface area contributed by atoms with Crippen LogP contribution in [0.15, 0.2) is 48.5 Å². The number of piperazine rings is 1. The number of methoxy groups -OCH3 is 1. The van der Waals surface area contributed by atoms with E-state index in [2.05, 4.69) is 41.4 Å². The molecule has 2 aromatic carbocycles. The van der Waals surface area contributed by atoms with Gasteiger partial charge in [0.2, 0.25) is 0 Å². The van der Waals surface area contributed by atoms with Gasteiger partial charge in [-0.15, -0.1) is 0 Å². The SMILES string of the molecule is COC(=O)c1ccccc1NC(=O)C[NH+]1CCN(c2ccccc2C)CC1. The number of carbonyl (C=O) groups is 2. The van der Waals surface area contributed by atoms with Crippen molar-refractivity contribution in [2.24, 2.45) is 0 Å². The second kappa shape index (κ2) is 8.68. The first-order valence-electron chi connectivity index (χ1n) is 9.20. The highest BCUT2D eigenvalue weighted by Crippen LogP contribution is 2.19. The first-order valence-corrected chi connectivity index (χ1v) is 9.20. The first-order chi connectivity index (χ1) is 13.1. The number of nitrogens with zero attached hydrogens (tertiary/aromatic N) is 1. The molecule has 3 rings (SSSR count). The Bertz CT molecular complexity index is 814. The van der Waals surface area contributed by atoms with Crippen LogP contribution in [0.25, 0.3) is 0 Å². The lowest BCUT2D eigenvalue weighted by Crippen LogP contribution is -3.15. The molecule has 1 saturated heterocycles. The monoisotopic (exact) mass is 368 g/mol. The molecule has 0 aliphatic carbocycles. The van der Waals surface area contributed by atoms with Gasteiger partial charge in [-0.05, 0) is 30.7 Å². The van der Waals surface area contributed by atoms with E-state index < -0.39 is 5.97 Å². The molecule has 0 bridgehead atoms. The Hall–Kier alpha value is -2.86. The van der Waals surface area contributed by atoms with Crippen molar-refractivity contribution in [3.05, 3.63) is 59.7 Å². The Morgan fingerprint density at radius 2 is 1.74 bits per heavy atom. The summed E-state index contributed by atoms with van der Waals surface area (Å²) in [5, 5.41) is 2.85. The van der Waals surface area contributed by atoms with Crippen LogP contribution >= 0.6 is 0 Å². The van der Waals surface area contributed by atoms with Crippen LogP contribution in [-0.2, 0) is 9.53 Å². The molecule has 0 aromatic heterocycles. The molecule has 1 aliphatic heterocycles. The number of nitrogens with one attached hydrogen (secondary N) is 2. The minimum Gasteiger partial charge on any atom is -0.465 e. The van der Waals surface area contributed by atoms with E-state index in [-0.39, 0.29) is 5.91 Å². The Labute approximate surface area is 159 Å². The minimum absolute atomic E-state index is 0.0919. The number of hydrogen-bond donors (Lipinski definition) is 2. The molecule has 0 radical (unpaired) electrons. The zero-order valence-electron chi connectivity index (χ0n) is 15.8. The third-order valence-electron chi connectivity index (χ3n) is 4.94. The van der Waals surface area contributed by atoms with E-state index in [1.54, 1.807) is 24.3 Å². The quantitative estimate of drug-likeness (QED) is 0.777. The fourth-order valence-electron chi connectivity index (χ4n) is 3.46. The van der Waals surface area contributed by atoms with Crippen LogP contribution in [0.2, 0.25) is 0 Å². The molecule has 2 aromatic rings. The molecule has 142 valence electrons. The van der Waals surface area contributed by atoms with Crippen molar-refractivity contribution in [2.75, 3.05) is 50.1 Å². The van der Waals surface area contributed by atoms with Gasteiger partial charge in [-0.1, -0.05) is 30.3 Å². The average molecular weight is 368 g/mol. The molecule has 6 nitrogen and oxygen atoms in total. The lowest BCUT2D eigenvalue weighted by molar-refractivity contribution is -0.892. The first kappa shape index (κ1) is 18.9. The highest BCUT2D eigenvalue weighted by atomic mass is 16.5. The molecule has 1 heterocycles. The van der Waals surface area contributed by atoms with Gasteiger partial charge < -0.3 is 19.9 Å². The van der Waals surface area contributed by atoms with Gasteiger partial charge in [0.15, 0.2) is 6.54 Å². The standard InChI is InChI=1S/C21H25N3O3/c1-16-7-3-6-10-19(16)24-13-11-23(12-14-24)15-20(25)22-18-9-5-4-8-17(18)21(26)27-2/h3-10H,11-15H2,1-2H3,(H,22,25)/p+1. The van der Waals surface area contributed by atoms with Crippen LogP contribution in [0.4, 0.5) is 11.4 Å². The van der Waals surface area contributed by atoms with Crippen LogP contribution in [0.3, 0.4) is 0 Å². The summed E-state index contributed by atoms with van der Waals surface area (Å²) < 4.78 is 4.77. The number of rotatable bonds is 5. The molecule has 27 heavy (non-hydrogen) atoms. The molecule has 0 atom stereocenters. The molecule has 6 heteroatoms. The lowest BCUT2D eigenvalue weighted by Gasteiger charge is -2.34. The number of hydrogen-bond acceptors (Lipinski definition) is 4. The van der Waals surface area contributed by atoms with Crippen molar-refractivity contribution in [3.63, 3.8) is 0 Å². The minimum atomic E-state index is -0.454. The number of carbonyl (C=O) groups excluding carboxylic acids is 2. The van der Waals surface area contributed by atoms with Crippen LogP contribution in [-0.4, -0.2) is 51.7 Å². The van der Waals surface area contributed by atoms with Gasteiger partial charge in [-0.2, -0.15) is 0 Å². The predicted molar refractivity (Wildman–Crippen MR) is 105 cm³/mol. The molecule has 2 N–H and O–H groups in total. The van der Waals surface area contributed by atoms with E-state index in [1.165, 1.54) is 23.3 Å². The van der Waals surface area contributed by atoms with E-state index in [4.69, 9.17) is 4.74 Å². The highest BCUT2D eigenvalue weighted by molar-refractivity contribution is 6.01. The van der Waals surface area contributed by atoms with Crippen molar-refractivity contribution < 1.29 is 19.2 Å². The topological polar surface area (TPSA) is 63.1 Å². The van der Waals surface area contributed by atoms with Crippen molar-refractivity contribution >= 4 is 23.3 Å². The zero-order valence-corrected chi connectivity index (χ0v) is 15.8. The number of amides is 1. The summed E-state index contributed by atoms with van der Waals surface area (Å²) in [7, 11) is 1.33. The van der Waals surface area contributed by atoms with E-state index in [0.29, 0.717) is 17.8 Å². The number of aryl methyl sites for hydroxylation is 1. The van der Waals surface area contributed by atoms with E-state index in [9.17, 15) is 9.59 Å². The lowest BCUT2D eigenvalue weighted by atomic mass is 10.1. The Kier molecular flexibility index (Phi) is 6.08. The molecule has 1 fully saturated rings. The summed E-state index contributed by atoms with van der Waals surface area (Å²) in [6, 6.07) is 15.3. The zero-order chi connectivity index (χ0) is 19.2. The van der Waals surface area contributed by atoms with Gasteiger partial charge >= 0.3 is 5.97 Å². The third-order valence-corrected chi connectivity index (χ3v) is 4.94. The molecule has 1 amide bonds. The average Bonchev–Trinajstić information content (AvgIpc) is 2.69. The second-order valence-electron chi connectivity index (χ2n) is 6.79. The summed E-state index contributed by atoms with van der Waals surface area (Å²) in [4.78, 5) is 27.9. The fraction of sp³-hybridized carbons (Fsp3) is 0.333. The van der Waals surface area contributed by atoms with E-state index >= 15 is 0 Å². The summed E-state index contributed by atoms with van der Waals surface area (Å²) in [6.45, 7) is 6.16. The fourth-order valence-corrected chi connectivity index (χ4v) is 3.46. The van der Waals surface area contributed by atoms with Crippen LogP contribution in [0.5, 0.6) is 0 Å². The van der Waals surface area contributed by atoms with Crippen molar-refractivity contribution in [1.82, 2.24) is 0 Å².